The zero-order valence-corrected chi connectivity index (χ0v) is 10.3. The number of halogens is 1. The van der Waals surface area contributed by atoms with E-state index in [2.05, 4.69) is 53.0 Å². The van der Waals surface area contributed by atoms with Crippen LogP contribution >= 0.6 is 15.9 Å². The monoisotopic (exact) mass is 256 g/mol. The molecule has 0 aliphatic heterocycles. The number of nitrogens with two attached hydrogens (primary N) is 1. The smallest absolute Gasteiger partial charge is 0.0397 e. The van der Waals surface area contributed by atoms with Gasteiger partial charge >= 0.3 is 0 Å². The summed E-state index contributed by atoms with van der Waals surface area (Å²) >= 11 is 3.48. The molecule has 0 unspecified atom stereocenters. The molecular formula is C11H17BrN2. The second kappa shape index (κ2) is 5.37. The summed E-state index contributed by atoms with van der Waals surface area (Å²) in [5.74, 6) is 0. The van der Waals surface area contributed by atoms with Crippen molar-refractivity contribution in [3.05, 3.63) is 28.2 Å². The summed E-state index contributed by atoms with van der Waals surface area (Å²) in [4.78, 5) is 2.23. The normalized spacial score (nSPS) is 10.3. The Bertz CT molecular complexity index is 299. The minimum atomic E-state index is 0.695. The first kappa shape index (κ1) is 11.5. The number of hydrogen-bond donors (Lipinski definition) is 1. The van der Waals surface area contributed by atoms with Gasteiger partial charge in [0.25, 0.3) is 0 Å². The molecule has 0 aliphatic rings. The fraction of sp³-hybridized carbons (Fsp3) is 0.455. The SMILES string of the molecule is CCN(C)c1ccc(Br)cc1CCN. The molecule has 0 amide bonds. The quantitative estimate of drug-likeness (QED) is 0.897. The molecule has 2 N–H and O–H groups in total. The van der Waals surface area contributed by atoms with E-state index in [4.69, 9.17) is 5.73 Å². The minimum absolute atomic E-state index is 0.695. The van der Waals surface area contributed by atoms with Crippen LogP contribution in [-0.2, 0) is 6.42 Å². The van der Waals surface area contributed by atoms with Crippen molar-refractivity contribution in [3.63, 3.8) is 0 Å². The van der Waals surface area contributed by atoms with Crippen molar-refractivity contribution in [1.82, 2.24) is 0 Å². The van der Waals surface area contributed by atoms with E-state index in [1.807, 2.05) is 0 Å². The van der Waals surface area contributed by atoms with Gasteiger partial charge in [0.05, 0.1) is 0 Å². The highest BCUT2D eigenvalue weighted by molar-refractivity contribution is 9.10. The van der Waals surface area contributed by atoms with Crippen molar-refractivity contribution in [2.45, 2.75) is 13.3 Å². The third-order valence-electron chi connectivity index (χ3n) is 2.34. The van der Waals surface area contributed by atoms with E-state index < -0.39 is 0 Å². The lowest BCUT2D eigenvalue weighted by atomic mass is 10.1. The maximum atomic E-state index is 5.59. The van der Waals surface area contributed by atoms with Gasteiger partial charge in [0.2, 0.25) is 0 Å². The van der Waals surface area contributed by atoms with Crippen LogP contribution in [0.4, 0.5) is 5.69 Å². The fourth-order valence-electron chi connectivity index (χ4n) is 1.45. The Morgan fingerprint density at radius 1 is 1.43 bits per heavy atom. The number of hydrogen-bond acceptors (Lipinski definition) is 2. The van der Waals surface area contributed by atoms with E-state index >= 15 is 0 Å². The van der Waals surface area contributed by atoms with E-state index in [1.54, 1.807) is 0 Å². The molecule has 78 valence electrons. The topological polar surface area (TPSA) is 29.3 Å². The highest BCUT2D eigenvalue weighted by atomic mass is 79.9. The minimum Gasteiger partial charge on any atom is -0.375 e. The first-order valence-electron chi connectivity index (χ1n) is 4.88. The van der Waals surface area contributed by atoms with E-state index in [0.29, 0.717) is 6.54 Å². The molecule has 3 heteroatoms. The van der Waals surface area contributed by atoms with Crippen LogP contribution < -0.4 is 10.6 Å². The van der Waals surface area contributed by atoms with Crippen LogP contribution in [0.25, 0.3) is 0 Å². The summed E-state index contributed by atoms with van der Waals surface area (Å²) in [5, 5.41) is 0. The van der Waals surface area contributed by atoms with Crippen LogP contribution in [0.3, 0.4) is 0 Å². The van der Waals surface area contributed by atoms with E-state index in [0.717, 1.165) is 17.4 Å². The third kappa shape index (κ3) is 2.72. The zero-order chi connectivity index (χ0) is 10.6. The van der Waals surface area contributed by atoms with Gasteiger partial charge in [0.1, 0.15) is 0 Å². The number of benzene rings is 1. The summed E-state index contributed by atoms with van der Waals surface area (Å²) in [6.45, 7) is 3.86. The number of nitrogens with zero attached hydrogens (tertiary/aromatic N) is 1. The van der Waals surface area contributed by atoms with Gasteiger partial charge in [-0.25, -0.2) is 0 Å². The van der Waals surface area contributed by atoms with E-state index in [-0.39, 0.29) is 0 Å². The van der Waals surface area contributed by atoms with Crippen LogP contribution in [0, 0.1) is 0 Å². The highest BCUT2D eigenvalue weighted by Gasteiger charge is 2.05. The van der Waals surface area contributed by atoms with Crippen molar-refractivity contribution in [1.29, 1.82) is 0 Å². The van der Waals surface area contributed by atoms with E-state index in [1.165, 1.54) is 11.3 Å². The predicted octanol–water partition coefficient (Wildman–Crippen LogP) is 2.41. The Balaban J connectivity index is 3.01. The Morgan fingerprint density at radius 2 is 2.14 bits per heavy atom. The van der Waals surface area contributed by atoms with Gasteiger partial charge in [-0.15, -0.1) is 0 Å². The van der Waals surface area contributed by atoms with E-state index in [9.17, 15) is 0 Å². The van der Waals surface area contributed by atoms with Gasteiger partial charge in [-0.1, -0.05) is 15.9 Å². The first-order chi connectivity index (χ1) is 6.69. The molecule has 0 bridgehead atoms. The van der Waals surface area contributed by atoms with Crippen molar-refractivity contribution < 1.29 is 0 Å². The Morgan fingerprint density at radius 3 is 2.71 bits per heavy atom. The first-order valence-corrected chi connectivity index (χ1v) is 5.68. The van der Waals surface area contributed by atoms with Gasteiger partial charge < -0.3 is 10.6 Å². The van der Waals surface area contributed by atoms with Gasteiger partial charge in [0.15, 0.2) is 0 Å². The second-order valence-electron chi connectivity index (χ2n) is 3.33. The molecule has 1 aromatic rings. The van der Waals surface area contributed by atoms with Crippen molar-refractivity contribution in [3.8, 4) is 0 Å². The van der Waals surface area contributed by atoms with Crippen LogP contribution in [-0.4, -0.2) is 20.1 Å². The highest BCUT2D eigenvalue weighted by Crippen LogP contribution is 2.23. The predicted molar refractivity (Wildman–Crippen MR) is 65.8 cm³/mol. The van der Waals surface area contributed by atoms with Gasteiger partial charge in [-0.3, -0.25) is 0 Å². The molecule has 0 fully saturated rings. The van der Waals surface area contributed by atoms with Crippen LogP contribution in [0.15, 0.2) is 22.7 Å². The van der Waals surface area contributed by atoms with Gasteiger partial charge in [0, 0.05) is 23.8 Å². The summed E-state index contributed by atoms with van der Waals surface area (Å²) in [7, 11) is 2.10. The lowest BCUT2D eigenvalue weighted by molar-refractivity contribution is 0.918. The van der Waals surface area contributed by atoms with Gasteiger partial charge in [-0.2, -0.15) is 0 Å². The summed E-state index contributed by atoms with van der Waals surface area (Å²) in [6, 6.07) is 6.36. The zero-order valence-electron chi connectivity index (χ0n) is 8.76. The average molecular weight is 257 g/mol. The molecule has 0 spiro atoms. The molecule has 0 radical (unpaired) electrons. The largest absolute Gasteiger partial charge is 0.375 e. The molecule has 0 heterocycles. The van der Waals surface area contributed by atoms with Crippen LogP contribution in [0.5, 0.6) is 0 Å². The standard InChI is InChI=1S/C11H17BrN2/c1-3-14(2)11-5-4-10(12)8-9(11)6-7-13/h4-5,8H,3,6-7,13H2,1-2H3. The number of anilines is 1. The summed E-state index contributed by atoms with van der Waals surface area (Å²) < 4.78 is 1.12. The van der Waals surface area contributed by atoms with Gasteiger partial charge in [-0.05, 0) is 43.7 Å². The maximum Gasteiger partial charge on any atom is 0.0397 e. The molecule has 1 aromatic carbocycles. The second-order valence-corrected chi connectivity index (χ2v) is 4.24. The molecule has 2 nitrogen and oxygen atoms in total. The third-order valence-corrected chi connectivity index (χ3v) is 2.83. The molecule has 0 aromatic heterocycles. The molecule has 0 aliphatic carbocycles. The maximum absolute atomic E-state index is 5.59. The molecule has 14 heavy (non-hydrogen) atoms. The molecule has 1 rings (SSSR count). The average Bonchev–Trinajstić information content (AvgIpc) is 2.17. The molecule has 0 saturated carbocycles. The summed E-state index contributed by atoms with van der Waals surface area (Å²) in [5.41, 5.74) is 8.18. The van der Waals surface area contributed by atoms with Crippen molar-refractivity contribution in [2.75, 3.05) is 25.0 Å². The molecule has 0 atom stereocenters. The van der Waals surface area contributed by atoms with Crippen LogP contribution in [0.1, 0.15) is 12.5 Å². The molecular weight excluding hydrogens is 240 g/mol. The van der Waals surface area contributed by atoms with Crippen molar-refractivity contribution in [2.24, 2.45) is 5.73 Å². The lowest BCUT2D eigenvalue weighted by Crippen LogP contribution is -2.18. The molecule has 0 saturated heterocycles. The lowest BCUT2D eigenvalue weighted by Gasteiger charge is -2.20. The number of rotatable bonds is 4. The fourth-order valence-corrected chi connectivity index (χ4v) is 1.86. The Hall–Kier alpha value is -0.540. The Kier molecular flexibility index (Phi) is 4.42. The van der Waals surface area contributed by atoms with Crippen molar-refractivity contribution >= 4 is 21.6 Å². The Labute approximate surface area is 94.2 Å². The van der Waals surface area contributed by atoms with Crippen LogP contribution in [0.2, 0.25) is 0 Å². The summed E-state index contributed by atoms with van der Waals surface area (Å²) in [6.07, 6.45) is 0.930.